The standard InChI is InChI=1S/C12H8F3N5OS/c1-19(7-5-3-2-4-6-7)9(21)8-18-20-10(12(13,14)15)16-17-11(20)22-8/h2-6H,1H3. The van der Waals surface area contributed by atoms with E-state index in [-0.39, 0.29) is 9.97 Å². The molecule has 6 nitrogen and oxygen atoms in total. The normalized spacial score (nSPS) is 11.8. The number of aromatic nitrogens is 4. The first-order valence-corrected chi connectivity index (χ1v) is 6.82. The Kier molecular flexibility index (Phi) is 3.32. The summed E-state index contributed by atoms with van der Waals surface area (Å²) < 4.78 is 38.7. The highest BCUT2D eigenvalue weighted by Crippen LogP contribution is 2.29. The van der Waals surface area contributed by atoms with E-state index in [1.165, 1.54) is 11.9 Å². The van der Waals surface area contributed by atoms with Crippen molar-refractivity contribution in [1.29, 1.82) is 0 Å². The summed E-state index contributed by atoms with van der Waals surface area (Å²) in [6.07, 6.45) is -4.68. The van der Waals surface area contributed by atoms with Gasteiger partial charge in [-0.05, 0) is 12.1 Å². The molecule has 0 atom stereocenters. The fourth-order valence-electron chi connectivity index (χ4n) is 1.79. The molecule has 114 valence electrons. The summed E-state index contributed by atoms with van der Waals surface area (Å²) in [4.78, 5) is 13.5. The summed E-state index contributed by atoms with van der Waals surface area (Å²) in [5.74, 6) is -1.77. The number of anilines is 1. The first-order valence-electron chi connectivity index (χ1n) is 6.00. The average Bonchev–Trinajstić information content (AvgIpc) is 3.05. The highest BCUT2D eigenvalue weighted by Gasteiger charge is 2.38. The maximum Gasteiger partial charge on any atom is 0.453 e. The summed E-state index contributed by atoms with van der Waals surface area (Å²) in [6, 6.07) is 8.71. The first-order chi connectivity index (χ1) is 10.4. The molecule has 22 heavy (non-hydrogen) atoms. The van der Waals surface area contributed by atoms with Gasteiger partial charge >= 0.3 is 6.18 Å². The van der Waals surface area contributed by atoms with Gasteiger partial charge in [-0.3, -0.25) is 4.79 Å². The lowest BCUT2D eigenvalue weighted by molar-refractivity contribution is -0.146. The molecule has 0 saturated heterocycles. The van der Waals surface area contributed by atoms with Crippen molar-refractivity contribution in [1.82, 2.24) is 19.8 Å². The quantitative estimate of drug-likeness (QED) is 0.725. The number of fused-ring (bicyclic) bond motifs is 1. The Morgan fingerprint density at radius 2 is 1.91 bits per heavy atom. The molecule has 0 aliphatic rings. The van der Waals surface area contributed by atoms with Crippen LogP contribution in [0.25, 0.3) is 4.96 Å². The van der Waals surface area contributed by atoms with Gasteiger partial charge in [0, 0.05) is 12.7 Å². The molecule has 0 aliphatic carbocycles. The molecule has 0 radical (unpaired) electrons. The molecule has 2 heterocycles. The number of benzene rings is 1. The molecular weight excluding hydrogens is 319 g/mol. The second-order valence-corrected chi connectivity index (χ2v) is 5.28. The van der Waals surface area contributed by atoms with Crippen LogP contribution in [-0.4, -0.2) is 32.8 Å². The number of nitrogens with zero attached hydrogens (tertiary/aromatic N) is 5. The van der Waals surface area contributed by atoms with Gasteiger partial charge in [-0.25, -0.2) is 0 Å². The third kappa shape index (κ3) is 2.41. The van der Waals surface area contributed by atoms with E-state index in [1.807, 2.05) is 0 Å². The highest BCUT2D eigenvalue weighted by atomic mass is 32.1. The van der Waals surface area contributed by atoms with Crippen molar-refractivity contribution in [2.45, 2.75) is 6.18 Å². The van der Waals surface area contributed by atoms with Crippen LogP contribution in [0, 0.1) is 0 Å². The lowest BCUT2D eigenvalue weighted by Gasteiger charge is -2.15. The zero-order chi connectivity index (χ0) is 15.9. The number of halogens is 3. The van der Waals surface area contributed by atoms with Crippen LogP contribution in [-0.2, 0) is 6.18 Å². The van der Waals surface area contributed by atoms with Gasteiger partial charge in [0.05, 0.1) is 0 Å². The van der Waals surface area contributed by atoms with E-state index in [1.54, 1.807) is 30.3 Å². The largest absolute Gasteiger partial charge is 0.453 e. The molecule has 3 aromatic rings. The molecule has 0 saturated carbocycles. The highest BCUT2D eigenvalue weighted by molar-refractivity contribution is 7.18. The molecule has 0 spiro atoms. The van der Waals surface area contributed by atoms with Gasteiger partial charge in [-0.15, -0.1) is 15.3 Å². The molecule has 0 aliphatic heterocycles. The monoisotopic (exact) mass is 327 g/mol. The maximum atomic E-state index is 12.7. The van der Waals surface area contributed by atoms with Crippen LogP contribution in [0.4, 0.5) is 18.9 Å². The van der Waals surface area contributed by atoms with Gasteiger partial charge in [-0.2, -0.15) is 17.7 Å². The van der Waals surface area contributed by atoms with Gasteiger partial charge in [-0.1, -0.05) is 29.5 Å². The molecule has 2 aromatic heterocycles. The molecule has 0 bridgehead atoms. The average molecular weight is 327 g/mol. The van der Waals surface area contributed by atoms with Crippen molar-refractivity contribution in [3.63, 3.8) is 0 Å². The second-order valence-electron chi connectivity index (χ2n) is 4.32. The van der Waals surface area contributed by atoms with Crippen molar-refractivity contribution in [3.8, 4) is 0 Å². The van der Waals surface area contributed by atoms with Crippen molar-refractivity contribution in [2.24, 2.45) is 0 Å². The molecule has 1 amide bonds. The van der Waals surface area contributed by atoms with Gasteiger partial charge in [0.2, 0.25) is 9.97 Å². The number of amides is 1. The predicted molar refractivity (Wildman–Crippen MR) is 72.8 cm³/mol. The topological polar surface area (TPSA) is 63.4 Å². The number of hydrogen-bond donors (Lipinski definition) is 0. The van der Waals surface area contributed by atoms with Crippen molar-refractivity contribution < 1.29 is 18.0 Å². The summed E-state index contributed by atoms with van der Waals surface area (Å²) in [5.41, 5.74) is 0.606. The predicted octanol–water partition coefficient (Wildman–Crippen LogP) is 2.48. The Morgan fingerprint density at radius 3 is 2.55 bits per heavy atom. The lowest BCUT2D eigenvalue weighted by atomic mass is 10.3. The first kappa shape index (κ1) is 14.4. The fourth-order valence-corrected chi connectivity index (χ4v) is 2.61. The lowest BCUT2D eigenvalue weighted by Crippen LogP contribution is -2.26. The van der Waals surface area contributed by atoms with Crippen molar-refractivity contribution in [2.75, 3.05) is 11.9 Å². The summed E-state index contributed by atoms with van der Waals surface area (Å²) >= 11 is 0.752. The van der Waals surface area contributed by atoms with Gasteiger partial charge < -0.3 is 4.90 Å². The van der Waals surface area contributed by atoms with Crippen LogP contribution in [0.1, 0.15) is 15.6 Å². The Morgan fingerprint density at radius 1 is 1.23 bits per heavy atom. The maximum absolute atomic E-state index is 12.7. The van der Waals surface area contributed by atoms with Crippen molar-refractivity contribution in [3.05, 3.63) is 41.2 Å². The summed E-state index contributed by atoms with van der Waals surface area (Å²) in [7, 11) is 1.52. The third-order valence-electron chi connectivity index (χ3n) is 2.88. The minimum Gasteiger partial charge on any atom is -0.309 e. The Hall–Kier alpha value is -2.49. The Balaban J connectivity index is 1.97. The molecular formula is C12H8F3N5OS. The van der Waals surface area contributed by atoms with Crippen LogP contribution in [0.5, 0.6) is 0 Å². The van der Waals surface area contributed by atoms with Crippen LogP contribution in [0.15, 0.2) is 30.3 Å². The Bertz CT molecular complexity index is 826. The van der Waals surface area contributed by atoms with E-state index in [4.69, 9.17) is 0 Å². The van der Waals surface area contributed by atoms with Crippen LogP contribution in [0.2, 0.25) is 0 Å². The van der Waals surface area contributed by atoms with Crippen LogP contribution >= 0.6 is 11.3 Å². The molecule has 10 heteroatoms. The second kappa shape index (κ2) is 5.05. The minimum atomic E-state index is -4.68. The smallest absolute Gasteiger partial charge is 0.309 e. The zero-order valence-corrected chi connectivity index (χ0v) is 11.9. The zero-order valence-electron chi connectivity index (χ0n) is 11.1. The van der Waals surface area contributed by atoms with E-state index in [0.29, 0.717) is 10.2 Å². The van der Waals surface area contributed by atoms with Crippen LogP contribution in [0.3, 0.4) is 0 Å². The number of para-hydroxylation sites is 1. The van der Waals surface area contributed by atoms with E-state index in [2.05, 4.69) is 15.3 Å². The Labute approximate surface area is 125 Å². The fraction of sp³-hybridized carbons (Fsp3) is 0.167. The van der Waals surface area contributed by atoms with E-state index in [0.717, 1.165) is 11.3 Å². The molecule has 1 aromatic carbocycles. The SMILES string of the molecule is CN(C(=O)c1nn2c(C(F)(F)F)nnc2s1)c1ccccc1. The van der Waals surface area contributed by atoms with E-state index in [9.17, 15) is 18.0 Å². The van der Waals surface area contributed by atoms with E-state index >= 15 is 0 Å². The number of carbonyl (C=O) groups excluding carboxylic acids is 1. The van der Waals surface area contributed by atoms with Gasteiger partial charge in [0.1, 0.15) is 0 Å². The van der Waals surface area contributed by atoms with E-state index < -0.39 is 17.9 Å². The minimum absolute atomic E-state index is 0.0860. The number of rotatable bonds is 2. The molecule has 0 unspecified atom stereocenters. The van der Waals surface area contributed by atoms with Gasteiger partial charge in [0.15, 0.2) is 0 Å². The number of alkyl halides is 3. The molecule has 0 fully saturated rings. The summed E-state index contributed by atoms with van der Waals surface area (Å²) in [6.45, 7) is 0. The number of hydrogen-bond acceptors (Lipinski definition) is 5. The number of carbonyl (C=O) groups is 1. The summed E-state index contributed by atoms with van der Waals surface area (Å²) in [5, 5.41) is 10.0. The van der Waals surface area contributed by atoms with Crippen molar-refractivity contribution >= 4 is 27.9 Å². The van der Waals surface area contributed by atoms with Crippen LogP contribution < -0.4 is 4.90 Å². The molecule has 0 N–H and O–H groups in total. The molecule has 3 rings (SSSR count). The van der Waals surface area contributed by atoms with Gasteiger partial charge in [0.25, 0.3) is 11.7 Å². The third-order valence-corrected chi connectivity index (χ3v) is 3.76.